The molecule has 1 aliphatic heterocycles. The van der Waals surface area contributed by atoms with Gasteiger partial charge in [0.1, 0.15) is 5.60 Å². The number of amides is 1. The van der Waals surface area contributed by atoms with E-state index in [9.17, 15) is 4.79 Å². The number of nitrogens with zero attached hydrogens (tertiary/aromatic N) is 1. The average Bonchev–Trinajstić information content (AvgIpc) is 2.71. The van der Waals surface area contributed by atoms with E-state index in [0.29, 0.717) is 30.2 Å². The van der Waals surface area contributed by atoms with Crippen molar-refractivity contribution in [2.75, 3.05) is 32.9 Å². The molecule has 2 unspecified atom stereocenters. The lowest BCUT2D eigenvalue weighted by Crippen LogP contribution is -2.36. The minimum Gasteiger partial charge on any atom is -0.444 e. The van der Waals surface area contributed by atoms with Crippen LogP contribution in [-0.2, 0) is 14.2 Å². The second-order valence-corrected chi connectivity index (χ2v) is 8.78. The molecule has 6 heteroatoms. The molecule has 1 amide bonds. The summed E-state index contributed by atoms with van der Waals surface area (Å²) in [4.78, 5) is 13.8. The summed E-state index contributed by atoms with van der Waals surface area (Å²) in [6.45, 7) is 9.05. The van der Waals surface area contributed by atoms with Crippen molar-refractivity contribution in [1.82, 2.24) is 4.90 Å². The average molecular weight is 425 g/mol. The molecule has 2 rings (SSSR count). The van der Waals surface area contributed by atoms with Crippen molar-refractivity contribution in [3.8, 4) is 0 Å². The van der Waals surface area contributed by atoms with Crippen molar-refractivity contribution in [2.45, 2.75) is 55.7 Å². The first-order valence-corrected chi connectivity index (χ1v) is 9.41. The van der Waals surface area contributed by atoms with Crippen LogP contribution in [0.5, 0.6) is 0 Å². The number of hydrogen-bond acceptors (Lipinski definition) is 4. The molecule has 0 bridgehead atoms. The van der Waals surface area contributed by atoms with Crippen LogP contribution in [0.1, 0.15) is 40.0 Å². The molecule has 0 radical (unpaired) electrons. The number of halogens is 1. The third-order valence-corrected chi connectivity index (χ3v) is 5.18. The standard InChI is InChI=1S/C16H28INO4/c1-16(2,3)22-15(19)18-9-13(17)14(10-18)21-8-7-20-11-12-5-4-6-12/h12-14H,4-11H2,1-3H3. The van der Waals surface area contributed by atoms with E-state index in [1.807, 2.05) is 20.8 Å². The van der Waals surface area contributed by atoms with Gasteiger partial charge in [0, 0.05) is 13.2 Å². The lowest BCUT2D eigenvalue weighted by Gasteiger charge is -2.25. The van der Waals surface area contributed by atoms with E-state index in [1.165, 1.54) is 19.3 Å². The Hall–Kier alpha value is -0.0800. The van der Waals surface area contributed by atoms with Crippen LogP contribution in [0.3, 0.4) is 0 Å². The van der Waals surface area contributed by atoms with Crippen molar-refractivity contribution in [2.24, 2.45) is 5.92 Å². The highest BCUT2D eigenvalue weighted by atomic mass is 127. The highest BCUT2D eigenvalue weighted by molar-refractivity contribution is 14.1. The number of carbonyl (C=O) groups is 1. The number of likely N-dealkylation sites (tertiary alicyclic amines) is 1. The summed E-state index contributed by atoms with van der Waals surface area (Å²) in [5.41, 5.74) is -0.452. The van der Waals surface area contributed by atoms with Crippen molar-refractivity contribution in [3.05, 3.63) is 0 Å². The molecule has 1 aliphatic carbocycles. The Morgan fingerprint density at radius 3 is 2.55 bits per heavy atom. The van der Waals surface area contributed by atoms with Gasteiger partial charge in [0.2, 0.25) is 0 Å². The SMILES string of the molecule is CC(C)(C)OC(=O)N1CC(I)C(OCCOCC2CCC2)C1. The third kappa shape index (κ3) is 5.85. The molecule has 0 spiro atoms. The van der Waals surface area contributed by atoms with Gasteiger partial charge in [-0.2, -0.15) is 0 Å². The number of ether oxygens (including phenoxy) is 3. The maximum Gasteiger partial charge on any atom is 0.410 e. The van der Waals surface area contributed by atoms with Crippen molar-refractivity contribution < 1.29 is 19.0 Å². The second-order valence-electron chi connectivity index (χ2n) is 7.18. The molecule has 0 aromatic carbocycles. The van der Waals surface area contributed by atoms with Crippen molar-refractivity contribution in [1.29, 1.82) is 0 Å². The fourth-order valence-corrected chi connectivity index (χ4v) is 3.45. The van der Waals surface area contributed by atoms with E-state index in [0.717, 1.165) is 12.5 Å². The first-order chi connectivity index (χ1) is 10.3. The highest BCUT2D eigenvalue weighted by Gasteiger charge is 2.36. The van der Waals surface area contributed by atoms with Crippen LogP contribution in [-0.4, -0.2) is 59.5 Å². The predicted molar refractivity (Wildman–Crippen MR) is 93.5 cm³/mol. The van der Waals surface area contributed by atoms with Crippen molar-refractivity contribution >= 4 is 28.7 Å². The minimum atomic E-state index is -0.452. The first-order valence-electron chi connectivity index (χ1n) is 8.16. The van der Waals surface area contributed by atoms with Gasteiger partial charge in [-0.1, -0.05) is 29.0 Å². The molecule has 5 nitrogen and oxygen atoms in total. The van der Waals surface area contributed by atoms with Crippen LogP contribution >= 0.6 is 22.6 Å². The summed E-state index contributed by atoms with van der Waals surface area (Å²) < 4.78 is 17.2. The largest absolute Gasteiger partial charge is 0.444 e. The Kier molecular flexibility index (Phi) is 6.76. The molecule has 2 aliphatic rings. The van der Waals surface area contributed by atoms with Gasteiger partial charge < -0.3 is 19.1 Å². The van der Waals surface area contributed by atoms with E-state index in [-0.39, 0.29) is 12.2 Å². The second kappa shape index (κ2) is 8.15. The van der Waals surface area contributed by atoms with E-state index in [2.05, 4.69) is 22.6 Å². The Morgan fingerprint density at radius 1 is 1.23 bits per heavy atom. The molecule has 128 valence electrons. The molecule has 0 aromatic heterocycles. The summed E-state index contributed by atoms with van der Waals surface area (Å²) >= 11 is 2.35. The summed E-state index contributed by atoms with van der Waals surface area (Å²) in [5.74, 6) is 0.770. The maximum atomic E-state index is 12.1. The summed E-state index contributed by atoms with van der Waals surface area (Å²) in [7, 11) is 0. The van der Waals surface area contributed by atoms with Crippen LogP contribution in [0, 0.1) is 5.92 Å². The number of hydrogen-bond donors (Lipinski definition) is 0. The lowest BCUT2D eigenvalue weighted by molar-refractivity contribution is -0.00759. The zero-order chi connectivity index (χ0) is 16.2. The molecule has 1 saturated carbocycles. The molecular weight excluding hydrogens is 397 g/mol. The topological polar surface area (TPSA) is 48.0 Å². The van der Waals surface area contributed by atoms with Gasteiger partial charge in [0.25, 0.3) is 0 Å². The van der Waals surface area contributed by atoms with Gasteiger partial charge in [-0.05, 0) is 39.5 Å². The molecule has 1 saturated heterocycles. The number of rotatable bonds is 6. The number of alkyl halides is 1. The normalized spacial score (nSPS) is 26.1. The van der Waals surface area contributed by atoms with E-state index >= 15 is 0 Å². The zero-order valence-electron chi connectivity index (χ0n) is 13.8. The lowest BCUT2D eigenvalue weighted by atomic mass is 9.86. The molecule has 2 atom stereocenters. The van der Waals surface area contributed by atoms with Gasteiger partial charge in [-0.15, -0.1) is 0 Å². The quantitative estimate of drug-likeness (QED) is 0.373. The molecule has 2 fully saturated rings. The van der Waals surface area contributed by atoms with Crippen LogP contribution in [0.15, 0.2) is 0 Å². The fourth-order valence-electron chi connectivity index (χ4n) is 2.53. The van der Waals surface area contributed by atoms with Crippen LogP contribution in [0.4, 0.5) is 4.79 Å². The van der Waals surface area contributed by atoms with E-state index < -0.39 is 5.60 Å². The van der Waals surface area contributed by atoms with Gasteiger partial charge >= 0.3 is 6.09 Å². The van der Waals surface area contributed by atoms with Gasteiger partial charge in [0.15, 0.2) is 0 Å². The van der Waals surface area contributed by atoms with Crippen molar-refractivity contribution in [3.63, 3.8) is 0 Å². The van der Waals surface area contributed by atoms with Crippen LogP contribution in [0.25, 0.3) is 0 Å². The molecule has 22 heavy (non-hydrogen) atoms. The van der Waals surface area contributed by atoms with E-state index in [1.54, 1.807) is 4.90 Å². The highest BCUT2D eigenvalue weighted by Crippen LogP contribution is 2.26. The predicted octanol–water partition coefficient (Wildman–Crippen LogP) is 3.24. The maximum absolute atomic E-state index is 12.1. The first kappa shape index (κ1) is 18.3. The van der Waals surface area contributed by atoms with E-state index in [4.69, 9.17) is 14.2 Å². The molecule has 1 heterocycles. The van der Waals surface area contributed by atoms with Gasteiger partial charge in [0.05, 0.1) is 29.8 Å². The molecular formula is C16H28INO4. The molecule has 0 aromatic rings. The Morgan fingerprint density at radius 2 is 1.95 bits per heavy atom. The van der Waals surface area contributed by atoms with Crippen LogP contribution < -0.4 is 0 Å². The summed E-state index contributed by atoms with van der Waals surface area (Å²) in [6, 6.07) is 0. The Balaban J connectivity index is 1.61. The summed E-state index contributed by atoms with van der Waals surface area (Å²) in [6.07, 6.45) is 3.79. The van der Waals surface area contributed by atoms with Gasteiger partial charge in [-0.25, -0.2) is 4.79 Å². The van der Waals surface area contributed by atoms with Gasteiger partial charge in [-0.3, -0.25) is 0 Å². The number of carbonyl (C=O) groups excluding carboxylic acids is 1. The fraction of sp³-hybridized carbons (Fsp3) is 0.938. The Labute approximate surface area is 147 Å². The minimum absolute atomic E-state index is 0.0698. The summed E-state index contributed by atoms with van der Waals surface area (Å²) in [5, 5.41) is 0. The smallest absolute Gasteiger partial charge is 0.410 e. The monoisotopic (exact) mass is 425 g/mol. The third-order valence-electron chi connectivity index (χ3n) is 3.99. The van der Waals surface area contributed by atoms with Crippen LogP contribution in [0.2, 0.25) is 0 Å². The Bertz CT molecular complexity index is 368. The molecule has 0 N–H and O–H groups in total. The zero-order valence-corrected chi connectivity index (χ0v) is 16.0.